The number of carboxylic acid groups (broad SMARTS) is 1. The van der Waals surface area contributed by atoms with Gasteiger partial charge in [-0.1, -0.05) is 42.0 Å². The minimum atomic E-state index is -1.02. The summed E-state index contributed by atoms with van der Waals surface area (Å²) >= 11 is 1.34. The van der Waals surface area contributed by atoms with Gasteiger partial charge in [-0.15, -0.1) is 11.3 Å². The van der Waals surface area contributed by atoms with E-state index in [0.717, 1.165) is 23.4 Å². The van der Waals surface area contributed by atoms with E-state index < -0.39 is 12.1 Å². The Hall–Kier alpha value is -2.51. The molecule has 3 rings (SSSR count). The van der Waals surface area contributed by atoms with Gasteiger partial charge in [0, 0.05) is 31.2 Å². The van der Waals surface area contributed by atoms with Gasteiger partial charge in [0.25, 0.3) is 0 Å². The molecule has 0 bridgehead atoms. The molecule has 2 atom stereocenters. The normalized spacial score (nSPS) is 17.9. The van der Waals surface area contributed by atoms with E-state index in [9.17, 15) is 14.7 Å². The van der Waals surface area contributed by atoms with Crippen molar-refractivity contribution in [2.24, 2.45) is 0 Å². The van der Waals surface area contributed by atoms with Gasteiger partial charge in [-0.25, -0.2) is 9.78 Å². The number of aliphatic hydroxyl groups is 1. The zero-order valence-electron chi connectivity index (χ0n) is 16.5. The van der Waals surface area contributed by atoms with E-state index in [-0.39, 0.29) is 17.6 Å². The first-order valence-corrected chi connectivity index (χ1v) is 10.7. The number of amides is 1. The Labute approximate surface area is 174 Å². The van der Waals surface area contributed by atoms with Crippen molar-refractivity contribution >= 4 is 23.2 Å². The number of carbonyl (C=O) groups is 2. The molecule has 154 valence electrons. The Balaban J connectivity index is 1.51. The van der Waals surface area contributed by atoms with Crippen LogP contribution in [0.25, 0.3) is 0 Å². The molecule has 0 radical (unpaired) electrons. The molecule has 1 saturated heterocycles. The molecule has 1 aliphatic rings. The predicted molar refractivity (Wildman–Crippen MR) is 112 cm³/mol. The van der Waals surface area contributed by atoms with Crippen LogP contribution in [0.2, 0.25) is 0 Å². The lowest BCUT2D eigenvalue weighted by Gasteiger charge is -2.22. The van der Waals surface area contributed by atoms with E-state index in [0.29, 0.717) is 25.8 Å². The van der Waals surface area contributed by atoms with Crippen molar-refractivity contribution in [2.75, 3.05) is 6.54 Å². The van der Waals surface area contributed by atoms with E-state index in [4.69, 9.17) is 5.11 Å². The van der Waals surface area contributed by atoms with Crippen LogP contribution >= 0.6 is 11.3 Å². The highest BCUT2D eigenvalue weighted by Crippen LogP contribution is 2.21. The van der Waals surface area contributed by atoms with Gasteiger partial charge in [0.05, 0.1) is 17.2 Å². The molecule has 7 heteroatoms. The fourth-order valence-corrected chi connectivity index (χ4v) is 4.39. The quantitative estimate of drug-likeness (QED) is 0.615. The van der Waals surface area contributed by atoms with Crippen LogP contribution in [0.15, 0.2) is 41.8 Å². The van der Waals surface area contributed by atoms with Crippen LogP contribution in [0, 0.1) is 6.92 Å². The summed E-state index contributed by atoms with van der Waals surface area (Å²) in [7, 11) is 0. The molecule has 29 heavy (non-hydrogen) atoms. The van der Waals surface area contributed by atoms with Crippen molar-refractivity contribution in [3.63, 3.8) is 0 Å². The number of aryl methyl sites for hydroxylation is 2. The Kier molecular flexibility index (Phi) is 7.17. The van der Waals surface area contributed by atoms with Gasteiger partial charge in [0.15, 0.2) is 5.69 Å². The lowest BCUT2D eigenvalue weighted by atomic mass is 10.0. The first-order chi connectivity index (χ1) is 13.9. The Bertz CT molecular complexity index is 892. The van der Waals surface area contributed by atoms with Crippen LogP contribution < -0.4 is 0 Å². The number of aliphatic hydroxyl groups excluding tert-OH is 1. The van der Waals surface area contributed by atoms with Crippen LogP contribution in [-0.4, -0.2) is 50.7 Å². The number of likely N-dealkylation sites (tertiary alicyclic amines) is 1. The standard InChI is InChI=1S/C22H26N2O4S/c1-15-4-2-5-16(12-15)13-18(25)9-7-17-8-10-21(26)24(17)11-3-6-20-23-19(14-29-20)22(27)28/h2,4-5,7,9,12,14,17-18,25H,3,6,8,10-11,13H2,1H3,(H,27,28)/t17-,18+/m0/s1. The highest BCUT2D eigenvalue weighted by Gasteiger charge is 2.28. The van der Waals surface area contributed by atoms with E-state index in [1.54, 1.807) is 11.5 Å². The Morgan fingerprint density at radius 3 is 3.00 bits per heavy atom. The molecular weight excluding hydrogens is 388 g/mol. The van der Waals surface area contributed by atoms with E-state index in [2.05, 4.69) is 11.1 Å². The van der Waals surface area contributed by atoms with Crippen molar-refractivity contribution in [3.8, 4) is 0 Å². The number of thiazole rings is 1. The number of benzene rings is 1. The third kappa shape index (κ3) is 5.98. The molecule has 1 amide bonds. The van der Waals surface area contributed by atoms with Gasteiger partial charge < -0.3 is 15.1 Å². The molecule has 6 nitrogen and oxygen atoms in total. The summed E-state index contributed by atoms with van der Waals surface area (Å²) < 4.78 is 0. The number of nitrogens with zero attached hydrogens (tertiary/aromatic N) is 2. The number of aromatic carboxylic acids is 1. The second-order valence-corrected chi connectivity index (χ2v) is 8.32. The van der Waals surface area contributed by atoms with E-state index >= 15 is 0 Å². The average molecular weight is 415 g/mol. The molecule has 2 aromatic rings. The zero-order chi connectivity index (χ0) is 20.8. The highest BCUT2D eigenvalue weighted by molar-refractivity contribution is 7.09. The third-order valence-electron chi connectivity index (χ3n) is 5.02. The second-order valence-electron chi connectivity index (χ2n) is 7.37. The Morgan fingerprint density at radius 2 is 2.28 bits per heavy atom. The highest BCUT2D eigenvalue weighted by atomic mass is 32.1. The van der Waals surface area contributed by atoms with E-state index in [1.165, 1.54) is 16.9 Å². The van der Waals surface area contributed by atoms with Crippen LogP contribution in [0.4, 0.5) is 0 Å². The van der Waals surface area contributed by atoms with Crippen LogP contribution in [0.1, 0.15) is 45.9 Å². The number of rotatable bonds is 9. The molecule has 2 heterocycles. The van der Waals surface area contributed by atoms with Crippen molar-refractivity contribution in [1.82, 2.24) is 9.88 Å². The number of hydrogen-bond acceptors (Lipinski definition) is 5. The smallest absolute Gasteiger partial charge is 0.355 e. The Morgan fingerprint density at radius 1 is 1.45 bits per heavy atom. The predicted octanol–water partition coefficient (Wildman–Crippen LogP) is 3.23. The lowest BCUT2D eigenvalue weighted by Crippen LogP contribution is -2.33. The van der Waals surface area contributed by atoms with Gasteiger partial charge in [-0.3, -0.25) is 4.79 Å². The SMILES string of the molecule is Cc1cccc(C[C@H](O)C=C[C@H]2CCC(=O)N2CCCc2nc(C(=O)O)cs2)c1. The van der Waals surface area contributed by atoms with Crippen LogP contribution in [-0.2, 0) is 17.6 Å². The van der Waals surface area contributed by atoms with Gasteiger partial charge in [0.2, 0.25) is 5.91 Å². The molecular formula is C22H26N2O4S. The van der Waals surface area contributed by atoms with E-state index in [1.807, 2.05) is 36.1 Å². The molecule has 0 spiro atoms. The number of carbonyl (C=O) groups excluding carboxylic acids is 1. The molecule has 0 aliphatic carbocycles. The third-order valence-corrected chi connectivity index (χ3v) is 5.93. The maximum absolute atomic E-state index is 12.2. The first kappa shape index (κ1) is 21.2. The van der Waals surface area contributed by atoms with Gasteiger partial charge in [-0.05, 0) is 25.3 Å². The molecule has 0 unspecified atom stereocenters. The second kappa shape index (κ2) is 9.80. The van der Waals surface area contributed by atoms with Gasteiger partial charge in [-0.2, -0.15) is 0 Å². The van der Waals surface area contributed by atoms with Crippen molar-refractivity contribution in [2.45, 2.75) is 51.2 Å². The minimum absolute atomic E-state index is 0.000495. The van der Waals surface area contributed by atoms with Crippen LogP contribution in [0.3, 0.4) is 0 Å². The summed E-state index contributed by atoms with van der Waals surface area (Å²) in [6.45, 7) is 2.63. The number of hydrogen-bond donors (Lipinski definition) is 2. The summed E-state index contributed by atoms with van der Waals surface area (Å²) in [6, 6.07) is 8.09. The summed E-state index contributed by atoms with van der Waals surface area (Å²) in [5, 5.41) is 21.6. The average Bonchev–Trinajstić information content (AvgIpc) is 3.28. The molecule has 1 aromatic heterocycles. The fraction of sp³-hybridized carbons (Fsp3) is 0.409. The maximum Gasteiger partial charge on any atom is 0.355 e. The molecule has 0 saturated carbocycles. The molecule has 2 N–H and O–H groups in total. The summed E-state index contributed by atoms with van der Waals surface area (Å²) in [5.41, 5.74) is 2.33. The zero-order valence-corrected chi connectivity index (χ0v) is 17.3. The molecule has 1 aliphatic heterocycles. The van der Waals surface area contributed by atoms with Crippen molar-refractivity contribution in [1.29, 1.82) is 0 Å². The summed E-state index contributed by atoms with van der Waals surface area (Å²) in [4.78, 5) is 29.1. The lowest BCUT2D eigenvalue weighted by molar-refractivity contribution is -0.128. The minimum Gasteiger partial charge on any atom is -0.476 e. The number of aromatic nitrogens is 1. The summed E-state index contributed by atoms with van der Waals surface area (Å²) in [6.07, 6.45) is 6.35. The fourth-order valence-electron chi connectivity index (χ4n) is 3.58. The molecule has 1 fully saturated rings. The largest absolute Gasteiger partial charge is 0.476 e. The van der Waals surface area contributed by atoms with Gasteiger partial charge >= 0.3 is 5.97 Å². The number of carboxylic acids is 1. The van der Waals surface area contributed by atoms with Crippen LogP contribution in [0.5, 0.6) is 0 Å². The molecule has 1 aromatic carbocycles. The first-order valence-electron chi connectivity index (χ1n) is 9.81. The monoisotopic (exact) mass is 414 g/mol. The topological polar surface area (TPSA) is 90.7 Å². The van der Waals surface area contributed by atoms with Crippen molar-refractivity contribution in [3.05, 3.63) is 63.6 Å². The van der Waals surface area contributed by atoms with Crippen molar-refractivity contribution < 1.29 is 19.8 Å². The van der Waals surface area contributed by atoms with Gasteiger partial charge in [0.1, 0.15) is 0 Å². The maximum atomic E-state index is 12.2. The summed E-state index contributed by atoms with van der Waals surface area (Å²) in [5.74, 6) is -0.894.